The minimum atomic E-state index is -0.173. The van der Waals surface area contributed by atoms with Crippen molar-refractivity contribution in [1.82, 2.24) is 5.32 Å². The second-order valence-electron chi connectivity index (χ2n) is 8.02. The van der Waals surface area contributed by atoms with Crippen LogP contribution < -0.4 is 20.1 Å². The molecule has 0 fully saturated rings. The van der Waals surface area contributed by atoms with Gasteiger partial charge >= 0.3 is 0 Å². The lowest BCUT2D eigenvalue weighted by molar-refractivity contribution is -0.113. The number of hydrogen-bond acceptors (Lipinski definition) is 5. The zero-order valence-corrected chi connectivity index (χ0v) is 20.1. The van der Waals surface area contributed by atoms with Gasteiger partial charge in [-0.1, -0.05) is 36.4 Å². The SMILES string of the molecule is COc1ccc(NC(=O)CSc2ccccc2C(=O)N[C@H]2CCCc3ccccc32)cc1OC. The summed E-state index contributed by atoms with van der Waals surface area (Å²) in [5, 5.41) is 6.07. The lowest BCUT2D eigenvalue weighted by Gasteiger charge is -2.26. The number of aryl methyl sites for hydroxylation is 1. The first-order valence-electron chi connectivity index (χ1n) is 11.2. The average Bonchev–Trinajstić information content (AvgIpc) is 2.87. The van der Waals surface area contributed by atoms with Gasteiger partial charge in [0.25, 0.3) is 5.91 Å². The average molecular weight is 477 g/mol. The largest absolute Gasteiger partial charge is 0.493 e. The van der Waals surface area contributed by atoms with E-state index in [1.807, 2.05) is 30.3 Å². The molecule has 7 heteroatoms. The Kier molecular flexibility index (Phi) is 7.75. The molecule has 0 heterocycles. The van der Waals surface area contributed by atoms with E-state index in [-0.39, 0.29) is 23.6 Å². The summed E-state index contributed by atoms with van der Waals surface area (Å²) >= 11 is 1.34. The summed E-state index contributed by atoms with van der Waals surface area (Å²) in [7, 11) is 3.11. The molecule has 3 aromatic carbocycles. The third-order valence-electron chi connectivity index (χ3n) is 5.83. The van der Waals surface area contributed by atoms with Gasteiger partial charge in [0.2, 0.25) is 5.91 Å². The van der Waals surface area contributed by atoms with Crippen molar-refractivity contribution < 1.29 is 19.1 Å². The van der Waals surface area contributed by atoms with E-state index >= 15 is 0 Å². The molecule has 4 rings (SSSR count). The zero-order chi connectivity index (χ0) is 23.9. The number of amides is 2. The predicted octanol–water partition coefficient (Wildman–Crippen LogP) is 5.24. The molecule has 176 valence electrons. The maximum absolute atomic E-state index is 13.2. The summed E-state index contributed by atoms with van der Waals surface area (Å²) in [6.45, 7) is 0. The molecule has 2 N–H and O–H groups in total. The van der Waals surface area contributed by atoms with E-state index in [0.717, 1.165) is 24.2 Å². The molecule has 0 aliphatic heterocycles. The lowest BCUT2D eigenvalue weighted by atomic mass is 9.87. The monoisotopic (exact) mass is 476 g/mol. The van der Waals surface area contributed by atoms with Crippen molar-refractivity contribution in [3.63, 3.8) is 0 Å². The van der Waals surface area contributed by atoms with Crippen LogP contribution in [0, 0.1) is 0 Å². The summed E-state index contributed by atoms with van der Waals surface area (Å²) in [6.07, 6.45) is 3.02. The number of hydrogen-bond donors (Lipinski definition) is 2. The summed E-state index contributed by atoms with van der Waals surface area (Å²) < 4.78 is 10.5. The van der Waals surface area contributed by atoms with Gasteiger partial charge in [0.1, 0.15) is 0 Å². The number of benzene rings is 3. The molecule has 3 aromatic rings. The zero-order valence-electron chi connectivity index (χ0n) is 19.3. The molecule has 0 saturated carbocycles. The molecule has 0 saturated heterocycles. The summed E-state index contributed by atoms with van der Waals surface area (Å²) in [6, 6.07) is 20.9. The Labute approximate surface area is 204 Å². The number of carbonyl (C=O) groups is 2. The number of methoxy groups -OCH3 is 2. The fourth-order valence-corrected chi connectivity index (χ4v) is 5.02. The van der Waals surface area contributed by atoms with Crippen molar-refractivity contribution in [3.05, 3.63) is 83.4 Å². The number of thioether (sulfide) groups is 1. The van der Waals surface area contributed by atoms with Crippen molar-refractivity contribution in [2.75, 3.05) is 25.3 Å². The number of anilines is 1. The molecule has 0 spiro atoms. The van der Waals surface area contributed by atoms with Gasteiger partial charge in [-0.3, -0.25) is 9.59 Å². The summed E-state index contributed by atoms with van der Waals surface area (Å²) in [5.41, 5.74) is 3.69. The molecule has 1 aliphatic carbocycles. The van der Waals surface area contributed by atoms with Crippen molar-refractivity contribution in [2.45, 2.75) is 30.2 Å². The van der Waals surface area contributed by atoms with Crippen LogP contribution in [-0.2, 0) is 11.2 Å². The van der Waals surface area contributed by atoms with Crippen LogP contribution in [0.2, 0.25) is 0 Å². The molecule has 6 nitrogen and oxygen atoms in total. The fourth-order valence-electron chi connectivity index (χ4n) is 4.17. The molecule has 0 aromatic heterocycles. The number of ether oxygens (including phenoxy) is 2. The molecule has 2 amide bonds. The normalized spacial score (nSPS) is 14.6. The maximum atomic E-state index is 13.2. The van der Waals surface area contributed by atoms with Crippen LogP contribution in [0.15, 0.2) is 71.6 Å². The molecule has 34 heavy (non-hydrogen) atoms. The minimum absolute atomic E-state index is 0.00357. The smallest absolute Gasteiger partial charge is 0.252 e. The topological polar surface area (TPSA) is 76.7 Å². The highest BCUT2D eigenvalue weighted by Crippen LogP contribution is 2.32. The van der Waals surface area contributed by atoms with Crippen molar-refractivity contribution >= 4 is 29.3 Å². The van der Waals surface area contributed by atoms with Gasteiger partial charge in [0.05, 0.1) is 31.6 Å². The molecule has 0 unspecified atom stereocenters. The molecular formula is C27H28N2O4S. The van der Waals surface area contributed by atoms with Crippen molar-refractivity contribution in [1.29, 1.82) is 0 Å². The highest BCUT2D eigenvalue weighted by molar-refractivity contribution is 8.00. The van der Waals surface area contributed by atoms with E-state index in [1.54, 1.807) is 38.5 Å². The first-order chi connectivity index (χ1) is 16.6. The van der Waals surface area contributed by atoms with Gasteiger partial charge in [-0.25, -0.2) is 0 Å². The first kappa shape index (κ1) is 23.7. The van der Waals surface area contributed by atoms with Gasteiger partial charge in [-0.15, -0.1) is 11.8 Å². The van der Waals surface area contributed by atoms with E-state index in [2.05, 4.69) is 22.8 Å². The predicted molar refractivity (Wildman–Crippen MR) is 135 cm³/mol. The second kappa shape index (κ2) is 11.1. The first-order valence-corrected chi connectivity index (χ1v) is 12.2. The standard InChI is InChI=1S/C27H28N2O4S/c1-32-23-15-14-19(16-24(23)33-2)28-26(30)17-34-25-13-6-5-11-21(25)27(31)29-22-12-7-9-18-8-3-4-10-20(18)22/h3-6,8,10-11,13-16,22H,7,9,12,17H2,1-2H3,(H,28,30)(H,29,31)/t22-/m0/s1. The Balaban J connectivity index is 1.40. The van der Waals surface area contributed by atoms with E-state index in [9.17, 15) is 9.59 Å². The van der Waals surface area contributed by atoms with Crippen molar-refractivity contribution in [2.24, 2.45) is 0 Å². The summed E-state index contributed by atoms with van der Waals surface area (Å²) in [5.74, 6) is 1.01. The van der Waals surface area contributed by atoms with Crippen LogP contribution in [0.5, 0.6) is 11.5 Å². The Hall–Kier alpha value is -3.45. The van der Waals surface area contributed by atoms with E-state index in [4.69, 9.17) is 9.47 Å². The molecule has 1 aliphatic rings. The minimum Gasteiger partial charge on any atom is -0.493 e. The third-order valence-corrected chi connectivity index (χ3v) is 6.91. The van der Waals surface area contributed by atoms with E-state index < -0.39 is 0 Å². The van der Waals surface area contributed by atoms with Crippen LogP contribution in [0.3, 0.4) is 0 Å². The summed E-state index contributed by atoms with van der Waals surface area (Å²) in [4.78, 5) is 26.5. The van der Waals surface area contributed by atoms with Gasteiger partial charge in [-0.05, 0) is 54.7 Å². The van der Waals surface area contributed by atoms with Gasteiger partial charge in [-0.2, -0.15) is 0 Å². The number of fused-ring (bicyclic) bond motifs is 1. The number of rotatable bonds is 8. The quantitative estimate of drug-likeness (QED) is 0.435. The van der Waals surface area contributed by atoms with E-state index in [1.165, 1.54) is 22.9 Å². The third kappa shape index (κ3) is 5.54. The van der Waals surface area contributed by atoms with Crippen LogP contribution in [-0.4, -0.2) is 31.8 Å². The van der Waals surface area contributed by atoms with Crippen molar-refractivity contribution in [3.8, 4) is 11.5 Å². The molecule has 1 atom stereocenters. The second-order valence-corrected chi connectivity index (χ2v) is 9.04. The highest BCUT2D eigenvalue weighted by Gasteiger charge is 2.23. The van der Waals surface area contributed by atoms with Crippen LogP contribution in [0.4, 0.5) is 5.69 Å². The fraction of sp³-hybridized carbons (Fsp3) is 0.259. The van der Waals surface area contributed by atoms with Gasteiger partial charge in [0, 0.05) is 16.6 Å². The van der Waals surface area contributed by atoms with Crippen LogP contribution in [0.25, 0.3) is 0 Å². The van der Waals surface area contributed by atoms with Gasteiger partial charge in [0.15, 0.2) is 11.5 Å². The van der Waals surface area contributed by atoms with Crippen LogP contribution in [0.1, 0.15) is 40.4 Å². The maximum Gasteiger partial charge on any atom is 0.252 e. The Bertz CT molecular complexity index is 1180. The molecular weight excluding hydrogens is 448 g/mol. The Morgan fingerprint density at radius 2 is 1.74 bits per heavy atom. The Morgan fingerprint density at radius 3 is 2.56 bits per heavy atom. The van der Waals surface area contributed by atoms with Gasteiger partial charge < -0.3 is 20.1 Å². The highest BCUT2D eigenvalue weighted by atomic mass is 32.2. The number of carbonyl (C=O) groups excluding carboxylic acids is 2. The Morgan fingerprint density at radius 1 is 0.971 bits per heavy atom. The molecule has 0 radical (unpaired) electrons. The lowest BCUT2D eigenvalue weighted by Crippen LogP contribution is -2.31. The van der Waals surface area contributed by atoms with E-state index in [0.29, 0.717) is 22.7 Å². The van der Waals surface area contributed by atoms with Crippen LogP contribution >= 0.6 is 11.8 Å². The molecule has 0 bridgehead atoms. The number of nitrogens with one attached hydrogen (secondary N) is 2.